The Hall–Kier alpha value is -2.27. The van der Waals surface area contributed by atoms with Gasteiger partial charge >= 0.3 is 0 Å². The van der Waals surface area contributed by atoms with Crippen LogP contribution in [0.1, 0.15) is 30.1 Å². The number of benzene rings is 1. The van der Waals surface area contributed by atoms with Crippen LogP contribution in [0.5, 0.6) is 0 Å². The molecule has 5 heteroatoms. The van der Waals surface area contributed by atoms with Crippen molar-refractivity contribution in [3.05, 3.63) is 48.4 Å². The van der Waals surface area contributed by atoms with Crippen molar-refractivity contribution in [2.75, 3.05) is 23.8 Å². The Morgan fingerprint density at radius 2 is 2.00 bits per heavy atom. The molecule has 0 aliphatic carbocycles. The molecule has 23 heavy (non-hydrogen) atoms. The molecular formula is C18H22N2O3. The van der Waals surface area contributed by atoms with Crippen LogP contribution in [0.2, 0.25) is 0 Å². The van der Waals surface area contributed by atoms with Gasteiger partial charge in [-0.05, 0) is 49.9 Å². The topological polar surface area (TPSA) is 63.5 Å². The summed E-state index contributed by atoms with van der Waals surface area (Å²) in [6.45, 7) is 3.89. The molecule has 122 valence electrons. The van der Waals surface area contributed by atoms with Gasteiger partial charge in [0.25, 0.3) is 5.91 Å². The second-order valence-electron chi connectivity index (χ2n) is 5.93. The van der Waals surface area contributed by atoms with Crippen molar-refractivity contribution < 1.29 is 13.9 Å². The predicted molar refractivity (Wildman–Crippen MR) is 89.7 cm³/mol. The van der Waals surface area contributed by atoms with Crippen molar-refractivity contribution >= 4 is 17.3 Å². The number of ether oxygens (including phenoxy) is 1. The molecule has 1 saturated heterocycles. The second kappa shape index (κ2) is 7.33. The fourth-order valence-corrected chi connectivity index (χ4v) is 2.88. The van der Waals surface area contributed by atoms with Gasteiger partial charge in [-0.15, -0.1) is 0 Å². The third kappa shape index (κ3) is 4.13. The normalized spacial score (nSPS) is 16.7. The predicted octanol–water partition coefficient (Wildman–Crippen LogP) is 3.76. The smallest absolute Gasteiger partial charge is 0.258 e. The molecule has 2 N–H and O–H groups in total. The first-order valence-electron chi connectivity index (χ1n) is 8.00. The third-order valence-electron chi connectivity index (χ3n) is 4.27. The van der Waals surface area contributed by atoms with Crippen LogP contribution in [-0.2, 0) is 4.74 Å². The number of carbonyl (C=O) groups excluding carboxylic acids is 1. The molecule has 2 aromatic rings. The highest BCUT2D eigenvalue weighted by atomic mass is 16.5. The molecule has 1 fully saturated rings. The number of hydrogen-bond acceptors (Lipinski definition) is 4. The Balaban J connectivity index is 1.61. The van der Waals surface area contributed by atoms with Gasteiger partial charge in [0, 0.05) is 30.6 Å². The van der Waals surface area contributed by atoms with Crippen LogP contribution in [0.25, 0.3) is 0 Å². The summed E-state index contributed by atoms with van der Waals surface area (Å²) in [4.78, 5) is 12.1. The summed E-state index contributed by atoms with van der Waals surface area (Å²) >= 11 is 0. The van der Waals surface area contributed by atoms with Crippen molar-refractivity contribution in [1.82, 2.24) is 0 Å². The summed E-state index contributed by atoms with van der Waals surface area (Å²) in [5.74, 6) is 0.446. The first-order valence-corrected chi connectivity index (χ1v) is 8.00. The Labute approximate surface area is 136 Å². The van der Waals surface area contributed by atoms with E-state index >= 15 is 0 Å². The van der Waals surface area contributed by atoms with E-state index in [0.29, 0.717) is 17.5 Å². The van der Waals surface area contributed by atoms with Gasteiger partial charge in [-0.1, -0.05) is 6.07 Å². The van der Waals surface area contributed by atoms with Gasteiger partial charge in [0.15, 0.2) is 0 Å². The fraction of sp³-hybridized carbons (Fsp3) is 0.389. The maximum atomic E-state index is 12.1. The van der Waals surface area contributed by atoms with Crippen LogP contribution in [0.3, 0.4) is 0 Å². The van der Waals surface area contributed by atoms with E-state index in [1.165, 1.54) is 12.5 Å². The minimum absolute atomic E-state index is 0.173. The standard InChI is InChI=1S/C18H22N2O3/c1-13(14-5-8-22-9-6-14)19-16-3-2-4-17(11-16)20-18(21)15-7-10-23-12-15/h2-4,7,10-14,19H,5-6,8-9H2,1H3,(H,20,21)/t13-/m1/s1. The van der Waals surface area contributed by atoms with Crippen molar-refractivity contribution in [2.45, 2.75) is 25.8 Å². The van der Waals surface area contributed by atoms with E-state index in [1.807, 2.05) is 24.3 Å². The Morgan fingerprint density at radius 3 is 2.74 bits per heavy atom. The zero-order valence-corrected chi connectivity index (χ0v) is 13.2. The molecule has 0 spiro atoms. The molecule has 0 unspecified atom stereocenters. The van der Waals surface area contributed by atoms with Crippen LogP contribution in [0, 0.1) is 5.92 Å². The lowest BCUT2D eigenvalue weighted by Gasteiger charge is -2.29. The van der Waals surface area contributed by atoms with E-state index in [0.717, 1.165) is 37.4 Å². The lowest BCUT2D eigenvalue weighted by atomic mass is 9.93. The van der Waals surface area contributed by atoms with Gasteiger partial charge in [0.05, 0.1) is 11.8 Å². The van der Waals surface area contributed by atoms with Crippen molar-refractivity contribution in [2.24, 2.45) is 5.92 Å². The van der Waals surface area contributed by atoms with Gasteiger partial charge in [-0.2, -0.15) is 0 Å². The van der Waals surface area contributed by atoms with Crippen LogP contribution < -0.4 is 10.6 Å². The highest BCUT2D eigenvalue weighted by Gasteiger charge is 2.20. The van der Waals surface area contributed by atoms with Crippen LogP contribution >= 0.6 is 0 Å². The minimum atomic E-state index is -0.173. The summed E-state index contributed by atoms with van der Waals surface area (Å²) in [6, 6.07) is 9.80. The lowest BCUT2D eigenvalue weighted by Crippen LogP contribution is -2.30. The van der Waals surface area contributed by atoms with Gasteiger partial charge in [0.1, 0.15) is 6.26 Å². The molecule has 2 heterocycles. The number of rotatable bonds is 5. The van der Waals surface area contributed by atoms with E-state index in [1.54, 1.807) is 6.07 Å². The number of hydrogen-bond donors (Lipinski definition) is 2. The molecule has 1 aliphatic heterocycles. The summed E-state index contributed by atoms with van der Waals surface area (Å²) in [7, 11) is 0. The molecule has 5 nitrogen and oxygen atoms in total. The Morgan fingerprint density at radius 1 is 1.22 bits per heavy atom. The lowest BCUT2D eigenvalue weighted by molar-refractivity contribution is 0.0622. The maximum absolute atomic E-state index is 12.1. The first-order chi connectivity index (χ1) is 11.2. The molecule has 0 bridgehead atoms. The quantitative estimate of drug-likeness (QED) is 0.882. The van der Waals surface area contributed by atoms with E-state index in [-0.39, 0.29) is 5.91 Å². The number of nitrogens with one attached hydrogen (secondary N) is 2. The SMILES string of the molecule is C[C@@H](Nc1cccc(NC(=O)c2ccoc2)c1)C1CCOCC1. The van der Waals surface area contributed by atoms with Crippen molar-refractivity contribution in [3.8, 4) is 0 Å². The minimum Gasteiger partial charge on any atom is -0.472 e. The maximum Gasteiger partial charge on any atom is 0.258 e. The number of furan rings is 1. The summed E-state index contributed by atoms with van der Waals surface area (Å²) in [5, 5.41) is 6.41. The van der Waals surface area contributed by atoms with E-state index in [9.17, 15) is 4.79 Å². The highest BCUT2D eigenvalue weighted by molar-refractivity contribution is 6.04. The molecule has 1 aromatic heterocycles. The molecule has 0 saturated carbocycles. The summed E-state index contributed by atoms with van der Waals surface area (Å²) in [5.41, 5.74) is 2.29. The molecule has 1 atom stereocenters. The Kier molecular flexibility index (Phi) is 4.98. The molecule has 1 aliphatic rings. The van der Waals surface area contributed by atoms with Gasteiger partial charge in [-0.25, -0.2) is 0 Å². The van der Waals surface area contributed by atoms with Crippen molar-refractivity contribution in [1.29, 1.82) is 0 Å². The molecule has 0 radical (unpaired) electrons. The number of anilines is 2. The molecule has 1 aromatic carbocycles. The average molecular weight is 314 g/mol. The molecular weight excluding hydrogens is 292 g/mol. The van der Waals surface area contributed by atoms with E-state index < -0.39 is 0 Å². The van der Waals surface area contributed by atoms with Crippen LogP contribution in [-0.4, -0.2) is 25.2 Å². The average Bonchev–Trinajstić information content (AvgIpc) is 3.10. The van der Waals surface area contributed by atoms with Gasteiger partial charge < -0.3 is 19.8 Å². The van der Waals surface area contributed by atoms with Crippen LogP contribution in [0.15, 0.2) is 47.3 Å². The van der Waals surface area contributed by atoms with Crippen molar-refractivity contribution in [3.63, 3.8) is 0 Å². The Bertz CT molecular complexity index is 633. The molecule has 1 amide bonds. The third-order valence-corrected chi connectivity index (χ3v) is 4.27. The first kappa shape index (κ1) is 15.6. The fourth-order valence-electron chi connectivity index (χ4n) is 2.88. The van der Waals surface area contributed by atoms with Crippen LogP contribution in [0.4, 0.5) is 11.4 Å². The summed E-state index contributed by atoms with van der Waals surface area (Å²) in [6.07, 6.45) is 5.10. The van der Waals surface area contributed by atoms with Gasteiger partial charge in [0.2, 0.25) is 0 Å². The number of amides is 1. The summed E-state index contributed by atoms with van der Waals surface area (Å²) < 4.78 is 10.3. The molecule has 3 rings (SSSR count). The zero-order valence-electron chi connectivity index (χ0n) is 13.2. The highest BCUT2D eigenvalue weighted by Crippen LogP contribution is 2.23. The largest absolute Gasteiger partial charge is 0.472 e. The number of carbonyl (C=O) groups is 1. The zero-order chi connectivity index (χ0) is 16.1. The second-order valence-corrected chi connectivity index (χ2v) is 5.93. The van der Waals surface area contributed by atoms with E-state index in [4.69, 9.17) is 9.15 Å². The monoisotopic (exact) mass is 314 g/mol. The van der Waals surface area contributed by atoms with E-state index in [2.05, 4.69) is 17.6 Å². The van der Waals surface area contributed by atoms with Gasteiger partial charge in [-0.3, -0.25) is 4.79 Å².